The van der Waals surface area contributed by atoms with Gasteiger partial charge in [-0.1, -0.05) is 6.08 Å². The summed E-state index contributed by atoms with van der Waals surface area (Å²) in [4.78, 5) is 9.90. The molecule has 0 aliphatic heterocycles. The average Bonchev–Trinajstić information content (AvgIpc) is 2.16. The fraction of sp³-hybridized carbons (Fsp3) is 0.375. The van der Waals surface area contributed by atoms with Crippen LogP contribution >= 0.6 is 0 Å². The third-order valence-corrected chi connectivity index (χ3v) is 1.77. The minimum atomic E-state index is -0.573. The zero-order valence-corrected chi connectivity index (χ0v) is 7.49. The van der Waals surface area contributed by atoms with Gasteiger partial charge >= 0.3 is 0 Å². The summed E-state index contributed by atoms with van der Waals surface area (Å²) in [7, 11) is 0. The van der Waals surface area contributed by atoms with E-state index in [0.29, 0.717) is 12.2 Å². The van der Waals surface area contributed by atoms with Gasteiger partial charge in [-0.15, -0.1) is 0 Å². The summed E-state index contributed by atoms with van der Waals surface area (Å²) < 4.78 is 0. The van der Waals surface area contributed by atoms with Crippen LogP contribution in [0.25, 0.3) is 0 Å². The molecular formula is C8H11N3O3. The van der Waals surface area contributed by atoms with Gasteiger partial charge in [-0.05, 0) is 0 Å². The van der Waals surface area contributed by atoms with Crippen molar-refractivity contribution in [3.63, 3.8) is 0 Å². The quantitative estimate of drug-likeness (QED) is 0.437. The Labute approximate surface area is 80.6 Å². The van der Waals surface area contributed by atoms with Gasteiger partial charge in [-0.25, -0.2) is 0 Å². The lowest BCUT2D eigenvalue weighted by Crippen LogP contribution is -2.21. The van der Waals surface area contributed by atoms with E-state index in [1.165, 1.54) is 6.08 Å². The van der Waals surface area contributed by atoms with Gasteiger partial charge in [0.1, 0.15) is 5.71 Å². The molecule has 0 aromatic heterocycles. The molecule has 0 saturated carbocycles. The Morgan fingerprint density at radius 3 is 3.00 bits per heavy atom. The van der Waals surface area contributed by atoms with Crippen molar-refractivity contribution >= 4 is 5.71 Å². The molecule has 0 aromatic carbocycles. The highest BCUT2D eigenvalue weighted by molar-refractivity contribution is 5.98. The number of aliphatic hydroxyl groups excluding tert-OH is 1. The molecule has 0 bridgehead atoms. The monoisotopic (exact) mass is 197 g/mol. The van der Waals surface area contributed by atoms with Gasteiger partial charge in [0, 0.05) is 24.7 Å². The van der Waals surface area contributed by atoms with Crippen LogP contribution in [0.2, 0.25) is 0 Å². The Hall–Kier alpha value is -1.69. The van der Waals surface area contributed by atoms with Crippen LogP contribution in [0, 0.1) is 15.5 Å². The van der Waals surface area contributed by atoms with Crippen LogP contribution in [0.4, 0.5) is 0 Å². The molecular weight excluding hydrogens is 186 g/mol. The molecule has 0 radical (unpaired) electrons. The highest BCUT2D eigenvalue weighted by atomic mass is 16.6. The van der Waals surface area contributed by atoms with Crippen molar-refractivity contribution in [3.05, 3.63) is 33.7 Å². The van der Waals surface area contributed by atoms with Crippen molar-refractivity contribution in [2.45, 2.75) is 6.42 Å². The molecule has 0 saturated heterocycles. The summed E-state index contributed by atoms with van der Waals surface area (Å²) in [6, 6.07) is 0. The van der Waals surface area contributed by atoms with Gasteiger partial charge < -0.3 is 10.4 Å². The summed E-state index contributed by atoms with van der Waals surface area (Å²) in [6.07, 6.45) is 3.24. The maximum absolute atomic E-state index is 10.5. The minimum Gasteiger partial charge on any atom is -0.395 e. The number of rotatable bonds is 4. The molecule has 6 nitrogen and oxygen atoms in total. The van der Waals surface area contributed by atoms with Crippen molar-refractivity contribution in [2.24, 2.45) is 0 Å². The van der Waals surface area contributed by atoms with Crippen molar-refractivity contribution < 1.29 is 10.0 Å². The van der Waals surface area contributed by atoms with Crippen LogP contribution in [-0.2, 0) is 0 Å². The number of nitrogens with zero attached hydrogens (tertiary/aromatic N) is 1. The largest absolute Gasteiger partial charge is 0.395 e. The number of nitrogens with one attached hydrogen (secondary N) is 2. The second-order valence-corrected chi connectivity index (χ2v) is 2.78. The smallest absolute Gasteiger partial charge is 0.292 e. The van der Waals surface area contributed by atoms with Crippen LogP contribution in [0.1, 0.15) is 6.42 Å². The molecule has 0 atom stereocenters. The van der Waals surface area contributed by atoms with Crippen molar-refractivity contribution in [2.75, 3.05) is 13.2 Å². The third kappa shape index (κ3) is 2.40. The van der Waals surface area contributed by atoms with Gasteiger partial charge in [0.2, 0.25) is 0 Å². The first-order chi connectivity index (χ1) is 6.65. The Morgan fingerprint density at radius 1 is 1.71 bits per heavy atom. The second-order valence-electron chi connectivity index (χ2n) is 2.78. The topological polar surface area (TPSA) is 99.2 Å². The zero-order valence-electron chi connectivity index (χ0n) is 7.49. The molecule has 76 valence electrons. The maximum Gasteiger partial charge on any atom is 0.292 e. The van der Waals surface area contributed by atoms with Crippen LogP contribution < -0.4 is 5.32 Å². The normalized spacial score (nSPS) is 15.9. The van der Waals surface area contributed by atoms with Crippen LogP contribution in [0.15, 0.2) is 23.5 Å². The van der Waals surface area contributed by atoms with E-state index in [0.717, 1.165) is 0 Å². The predicted octanol–water partition coefficient (Wildman–Crippen LogP) is 0.0363. The average molecular weight is 197 g/mol. The number of hydrogen-bond acceptors (Lipinski definition) is 5. The highest BCUT2D eigenvalue weighted by Crippen LogP contribution is 2.12. The van der Waals surface area contributed by atoms with Gasteiger partial charge in [-0.3, -0.25) is 15.5 Å². The second kappa shape index (κ2) is 4.52. The zero-order chi connectivity index (χ0) is 10.6. The molecule has 0 aromatic rings. The molecule has 1 rings (SSSR count). The highest BCUT2D eigenvalue weighted by Gasteiger charge is 2.20. The van der Waals surface area contributed by atoms with Crippen LogP contribution in [-0.4, -0.2) is 28.9 Å². The Kier molecular flexibility index (Phi) is 3.35. The summed E-state index contributed by atoms with van der Waals surface area (Å²) in [5, 5.41) is 29.1. The lowest BCUT2D eigenvalue weighted by Gasteiger charge is -2.10. The molecule has 3 N–H and O–H groups in total. The molecule has 1 aliphatic rings. The summed E-state index contributed by atoms with van der Waals surface area (Å²) in [5.41, 5.74) is 0.402. The molecule has 6 heteroatoms. The van der Waals surface area contributed by atoms with E-state index in [9.17, 15) is 10.1 Å². The Bertz CT molecular complexity index is 320. The molecule has 0 fully saturated rings. The number of allylic oxidation sites excluding steroid dienone is 3. The fourth-order valence-electron chi connectivity index (χ4n) is 1.10. The minimum absolute atomic E-state index is 0.00421. The Balaban J connectivity index is 2.73. The van der Waals surface area contributed by atoms with Gasteiger partial charge in [0.15, 0.2) is 0 Å². The molecule has 14 heavy (non-hydrogen) atoms. The van der Waals surface area contributed by atoms with Crippen molar-refractivity contribution in [3.8, 4) is 0 Å². The van der Waals surface area contributed by atoms with E-state index in [2.05, 4.69) is 5.32 Å². The number of nitro groups is 1. The van der Waals surface area contributed by atoms with E-state index < -0.39 is 4.92 Å². The molecule has 0 unspecified atom stereocenters. The standard InChI is InChI=1S/C8H11N3O3/c9-7-2-1-6(10-3-4-12)5-8(7)11(13)14/h1,5,9-10,12H,2-4H2. The first-order valence-corrected chi connectivity index (χ1v) is 4.14. The van der Waals surface area contributed by atoms with Gasteiger partial charge in [0.05, 0.1) is 11.5 Å². The van der Waals surface area contributed by atoms with E-state index >= 15 is 0 Å². The molecule has 0 heterocycles. The predicted molar refractivity (Wildman–Crippen MR) is 50.6 cm³/mol. The van der Waals surface area contributed by atoms with E-state index in [1.807, 2.05) is 0 Å². The SMILES string of the molecule is N=C1CC=C(NCCO)C=C1[N+](=O)[O-]. The number of hydrogen-bond donors (Lipinski definition) is 3. The lowest BCUT2D eigenvalue weighted by atomic mass is 10.1. The van der Waals surface area contributed by atoms with Crippen molar-refractivity contribution in [1.29, 1.82) is 5.41 Å². The summed E-state index contributed by atoms with van der Waals surface area (Å²) >= 11 is 0. The lowest BCUT2D eigenvalue weighted by molar-refractivity contribution is -0.415. The van der Waals surface area contributed by atoms with E-state index in [1.54, 1.807) is 6.08 Å². The third-order valence-electron chi connectivity index (χ3n) is 1.77. The first kappa shape index (κ1) is 10.4. The van der Waals surface area contributed by atoms with Gasteiger partial charge in [0.25, 0.3) is 5.70 Å². The van der Waals surface area contributed by atoms with Crippen LogP contribution in [0.3, 0.4) is 0 Å². The van der Waals surface area contributed by atoms with Crippen LogP contribution in [0.5, 0.6) is 0 Å². The molecule has 0 amide bonds. The summed E-state index contributed by atoms with van der Waals surface area (Å²) in [5.74, 6) is 0. The Morgan fingerprint density at radius 2 is 2.43 bits per heavy atom. The molecule has 0 spiro atoms. The van der Waals surface area contributed by atoms with Crippen molar-refractivity contribution in [1.82, 2.24) is 5.32 Å². The summed E-state index contributed by atoms with van der Waals surface area (Å²) in [6.45, 7) is 0.317. The fourth-order valence-corrected chi connectivity index (χ4v) is 1.10. The van der Waals surface area contributed by atoms with E-state index in [-0.39, 0.29) is 24.4 Å². The molecule has 1 aliphatic carbocycles. The maximum atomic E-state index is 10.5. The first-order valence-electron chi connectivity index (χ1n) is 4.14. The van der Waals surface area contributed by atoms with E-state index in [4.69, 9.17) is 10.5 Å². The number of aliphatic hydroxyl groups is 1. The van der Waals surface area contributed by atoms with Gasteiger partial charge in [-0.2, -0.15) is 0 Å².